The smallest absolute Gasteiger partial charge is 0.168 e. The van der Waals surface area contributed by atoms with Gasteiger partial charge in [-0.1, -0.05) is 0 Å². The highest BCUT2D eigenvalue weighted by Gasteiger charge is 2.44. The third kappa shape index (κ3) is 1.66. The summed E-state index contributed by atoms with van der Waals surface area (Å²) in [7, 11) is 0. The third-order valence-corrected chi connectivity index (χ3v) is 1.47. The van der Waals surface area contributed by atoms with E-state index in [2.05, 4.69) is 0 Å². The van der Waals surface area contributed by atoms with Gasteiger partial charge < -0.3 is 9.47 Å². The molecule has 1 aliphatic carbocycles. The van der Waals surface area contributed by atoms with Crippen molar-refractivity contribution in [3.63, 3.8) is 0 Å². The molecule has 1 rings (SSSR count). The van der Waals surface area contributed by atoms with Gasteiger partial charge in [-0.05, 0) is 13.8 Å². The van der Waals surface area contributed by atoms with E-state index in [9.17, 15) is 0 Å². The number of hydrogen-bond donors (Lipinski definition) is 0. The maximum absolute atomic E-state index is 5.36. The normalized spacial score (nSPS) is 22.0. The SMILES string of the molecule is CCOC1(OCC)CC1. The molecule has 0 aliphatic heterocycles. The summed E-state index contributed by atoms with van der Waals surface area (Å²) in [6.45, 7) is 5.53. The zero-order valence-electron chi connectivity index (χ0n) is 6.14. The summed E-state index contributed by atoms with van der Waals surface area (Å²) in [6.07, 6.45) is 2.16. The predicted octanol–water partition coefficient (Wildman–Crippen LogP) is 1.55. The fraction of sp³-hybridized carbons (Fsp3) is 1.00. The Labute approximate surface area is 56.2 Å². The van der Waals surface area contributed by atoms with E-state index < -0.39 is 0 Å². The van der Waals surface area contributed by atoms with Crippen molar-refractivity contribution in [3.8, 4) is 0 Å². The van der Waals surface area contributed by atoms with Crippen molar-refractivity contribution in [2.45, 2.75) is 32.5 Å². The lowest BCUT2D eigenvalue weighted by Gasteiger charge is -2.13. The van der Waals surface area contributed by atoms with Crippen LogP contribution >= 0.6 is 0 Å². The van der Waals surface area contributed by atoms with Gasteiger partial charge in [-0.2, -0.15) is 0 Å². The molecule has 0 aromatic heterocycles. The topological polar surface area (TPSA) is 18.5 Å². The summed E-state index contributed by atoms with van der Waals surface area (Å²) < 4.78 is 10.7. The largest absolute Gasteiger partial charge is 0.350 e. The van der Waals surface area contributed by atoms with Crippen molar-refractivity contribution in [1.82, 2.24) is 0 Å². The van der Waals surface area contributed by atoms with Crippen LogP contribution in [0.25, 0.3) is 0 Å². The Kier molecular flexibility index (Phi) is 2.09. The van der Waals surface area contributed by atoms with E-state index in [0.29, 0.717) is 0 Å². The van der Waals surface area contributed by atoms with Crippen molar-refractivity contribution in [1.29, 1.82) is 0 Å². The molecule has 0 N–H and O–H groups in total. The second kappa shape index (κ2) is 2.67. The van der Waals surface area contributed by atoms with Crippen LogP contribution in [0.3, 0.4) is 0 Å². The molecular formula is C7H14O2. The summed E-state index contributed by atoms with van der Waals surface area (Å²) in [6, 6.07) is 0. The molecule has 1 fully saturated rings. The Morgan fingerprint density at radius 2 is 1.56 bits per heavy atom. The number of rotatable bonds is 4. The van der Waals surface area contributed by atoms with E-state index in [-0.39, 0.29) is 5.79 Å². The van der Waals surface area contributed by atoms with Gasteiger partial charge in [0.05, 0.1) is 0 Å². The van der Waals surface area contributed by atoms with Crippen LogP contribution in [0.1, 0.15) is 26.7 Å². The molecule has 0 spiro atoms. The first-order chi connectivity index (χ1) is 4.33. The Morgan fingerprint density at radius 1 is 1.11 bits per heavy atom. The van der Waals surface area contributed by atoms with Crippen LogP contribution in [0.4, 0.5) is 0 Å². The van der Waals surface area contributed by atoms with E-state index in [1.165, 1.54) is 0 Å². The summed E-state index contributed by atoms with van der Waals surface area (Å²) in [5.74, 6) is -0.149. The highest BCUT2D eigenvalue weighted by atomic mass is 16.7. The van der Waals surface area contributed by atoms with Crippen LogP contribution in [0, 0.1) is 0 Å². The molecule has 0 heterocycles. The van der Waals surface area contributed by atoms with Crippen LogP contribution in [0.5, 0.6) is 0 Å². The van der Waals surface area contributed by atoms with E-state index in [4.69, 9.17) is 9.47 Å². The van der Waals surface area contributed by atoms with Gasteiger partial charge in [0, 0.05) is 26.1 Å². The molecule has 0 radical (unpaired) electrons. The standard InChI is InChI=1S/C7H14O2/c1-3-8-7(5-6-7)9-4-2/h3-6H2,1-2H3. The van der Waals surface area contributed by atoms with Crippen molar-refractivity contribution in [2.75, 3.05) is 13.2 Å². The van der Waals surface area contributed by atoms with Gasteiger partial charge >= 0.3 is 0 Å². The van der Waals surface area contributed by atoms with Crippen molar-refractivity contribution >= 4 is 0 Å². The van der Waals surface area contributed by atoms with Crippen molar-refractivity contribution in [3.05, 3.63) is 0 Å². The quantitative estimate of drug-likeness (QED) is 0.537. The molecule has 0 bridgehead atoms. The fourth-order valence-electron chi connectivity index (χ4n) is 0.959. The molecule has 1 saturated carbocycles. The van der Waals surface area contributed by atoms with E-state index in [1.54, 1.807) is 0 Å². The maximum atomic E-state index is 5.36. The molecule has 1 aliphatic rings. The first kappa shape index (κ1) is 7.03. The Bertz CT molecular complexity index is 78.9. The van der Waals surface area contributed by atoms with Crippen molar-refractivity contribution < 1.29 is 9.47 Å². The Balaban J connectivity index is 2.17. The summed E-state index contributed by atoms with van der Waals surface area (Å²) >= 11 is 0. The minimum absolute atomic E-state index is 0.149. The first-order valence-electron chi connectivity index (χ1n) is 3.61. The molecule has 0 atom stereocenters. The van der Waals surface area contributed by atoms with Gasteiger partial charge in [-0.3, -0.25) is 0 Å². The molecule has 0 aromatic carbocycles. The lowest BCUT2D eigenvalue weighted by Crippen LogP contribution is -2.18. The number of ether oxygens (including phenoxy) is 2. The fourth-order valence-corrected chi connectivity index (χ4v) is 0.959. The highest BCUT2D eigenvalue weighted by Crippen LogP contribution is 2.40. The van der Waals surface area contributed by atoms with Crippen LogP contribution in [-0.2, 0) is 9.47 Å². The lowest BCUT2D eigenvalue weighted by atomic mass is 10.6. The second-order valence-electron chi connectivity index (χ2n) is 2.28. The van der Waals surface area contributed by atoms with Gasteiger partial charge in [-0.25, -0.2) is 0 Å². The van der Waals surface area contributed by atoms with Crippen LogP contribution in [0.2, 0.25) is 0 Å². The van der Waals surface area contributed by atoms with Crippen molar-refractivity contribution in [2.24, 2.45) is 0 Å². The molecule has 0 saturated heterocycles. The average molecular weight is 130 g/mol. The monoisotopic (exact) mass is 130 g/mol. The second-order valence-corrected chi connectivity index (χ2v) is 2.28. The summed E-state index contributed by atoms with van der Waals surface area (Å²) in [4.78, 5) is 0. The van der Waals surface area contributed by atoms with Gasteiger partial charge in [0.1, 0.15) is 0 Å². The first-order valence-corrected chi connectivity index (χ1v) is 3.61. The van der Waals surface area contributed by atoms with Crippen LogP contribution in [0.15, 0.2) is 0 Å². The minimum Gasteiger partial charge on any atom is -0.350 e. The highest BCUT2D eigenvalue weighted by molar-refractivity contribution is 4.85. The maximum Gasteiger partial charge on any atom is 0.168 e. The average Bonchev–Trinajstić information content (AvgIpc) is 2.51. The van der Waals surface area contributed by atoms with Gasteiger partial charge in [0.15, 0.2) is 5.79 Å². The zero-order chi connectivity index (χ0) is 6.74. The van der Waals surface area contributed by atoms with Crippen LogP contribution < -0.4 is 0 Å². The molecule has 2 heteroatoms. The molecule has 0 aromatic rings. The summed E-state index contributed by atoms with van der Waals surface area (Å²) in [5.41, 5.74) is 0. The van der Waals surface area contributed by atoms with E-state index in [1.807, 2.05) is 13.8 Å². The molecule has 9 heavy (non-hydrogen) atoms. The van der Waals surface area contributed by atoms with Gasteiger partial charge in [0.25, 0.3) is 0 Å². The predicted molar refractivity (Wildman–Crippen MR) is 35.2 cm³/mol. The van der Waals surface area contributed by atoms with Gasteiger partial charge in [-0.15, -0.1) is 0 Å². The lowest BCUT2D eigenvalue weighted by molar-refractivity contribution is -0.160. The van der Waals surface area contributed by atoms with E-state index in [0.717, 1.165) is 26.1 Å². The molecule has 0 unspecified atom stereocenters. The molecule has 2 nitrogen and oxygen atoms in total. The minimum atomic E-state index is -0.149. The molecule has 0 amide bonds. The van der Waals surface area contributed by atoms with Gasteiger partial charge in [0.2, 0.25) is 0 Å². The third-order valence-electron chi connectivity index (χ3n) is 1.47. The molecule has 54 valence electrons. The number of hydrogen-bond acceptors (Lipinski definition) is 2. The Morgan fingerprint density at radius 3 is 1.78 bits per heavy atom. The zero-order valence-corrected chi connectivity index (χ0v) is 6.14. The summed E-state index contributed by atoms with van der Waals surface area (Å²) in [5, 5.41) is 0. The molecular weight excluding hydrogens is 116 g/mol. The van der Waals surface area contributed by atoms with E-state index >= 15 is 0 Å². The van der Waals surface area contributed by atoms with Crippen LogP contribution in [-0.4, -0.2) is 19.0 Å². The Hall–Kier alpha value is -0.0800.